The van der Waals surface area contributed by atoms with Gasteiger partial charge in [-0.3, -0.25) is 0 Å². The van der Waals surface area contributed by atoms with Crippen molar-refractivity contribution in [1.82, 2.24) is 9.13 Å². The van der Waals surface area contributed by atoms with Gasteiger partial charge in [0, 0.05) is 11.6 Å². The van der Waals surface area contributed by atoms with Gasteiger partial charge in [-0.1, -0.05) is 23.7 Å². The van der Waals surface area contributed by atoms with Crippen LogP contribution in [0.25, 0.3) is 0 Å². The van der Waals surface area contributed by atoms with Crippen molar-refractivity contribution in [1.29, 1.82) is 0 Å². The molecule has 2 aliphatic rings. The molecule has 0 atom stereocenters. The molecule has 0 spiro atoms. The molecule has 3 nitrogen and oxygen atoms in total. The van der Waals surface area contributed by atoms with E-state index in [1.807, 2.05) is 24.3 Å². The molecule has 2 aliphatic carbocycles. The third-order valence-corrected chi connectivity index (χ3v) is 7.93. The molecule has 0 aliphatic heterocycles. The summed E-state index contributed by atoms with van der Waals surface area (Å²) in [6.45, 7) is 3.07. The molecule has 1 heterocycles. The maximum atomic E-state index is 5.63. The van der Waals surface area contributed by atoms with Crippen molar-refractivity contribution in [2.75, 3.05) is 0 Å². The number of hydrogen-bond donors (Lipinski definition) is 1. The van der Waals surface area contributed by atoms with Gasteiger partial charge in [0.1, 0.15) is 0 Å². The zero-order valence-electron chi connectivity index (χ0n) is 17.5. The molecular formula is C24H36ClN3Pt. The van der Waals surface area contributed by atoms with Crippen LogP contribution < -0.4 is 5.73 Å². The fourth-order valence-corrected chi connectivity index (χ4v) is 5.50. The van der Waals surface area contributed by atoms with Crippen LogP contribution in [0.1, 0.15) is 69.8 Å². The monoisotopic (exact) mass is 596 g/mol. The molecule has 0 saturated heterocycles. The minimum atomic E-state index is 0.581. The second kappa shape index (κ2) is 12.3. The first kappa shape index (κ1) is 23.0. The van der Waals surface area contributed by atoms with Gasteiger partial charge in [0.2, 0.25) is 0 Å². The standard InChI is InChI=1S/C17H28N2.C7H8ClN.Pt/c1-3-7-16(8-4-1)13-18-11-12-19(15-18)14-17-9-5-2-6-10-17;8-7-3-1-6(5-9)2-4-7;/h11-12,16-17H,1-10,13-14H2;1-4H,5,9H2;. The predicted molar refractivity (Wildman–Crippen MR) is 118 cm³/mol. The first-order valence-electron chi connectivity index (χ1n) is 11.3. The minimum absolute atomic E-state index is 0.581. The number of halogens is 1. The van der Waals surface area contributed by atoms with Gasteiger partial charge in [-0.05, 0) is 17.7 Å². The van der Waals surface area contributed by atoms with E-state index in [4.69, 9.17) is 17.3 Å². The van der Waals surface area contributed by atoms with Crippen LogP contribution in [0.2, 0.25) is 5.02 Å². The second-order valence-corrected chi connectivity index (χ2v) is 10.1. The van der Waals surface area contributed by atoms with E-state index in [0.717, 1.165) is 22.4 Å². The fraction of sp³-hybridized carbons (Fsp3) is 0.625. The Labute approximate surface area is 192 Å². The maximum absolute atomic E-state index is 5.63. The van der Waals surface area contributed by atoms with Crippen LogP contribution in [0, 0.1) is 15.6 Å². The van der Waals surface area contributed by atoms with Crippen LogP contribution in [0.4, 0.5) is 0 Å². The topological polar surface area (TPSA) is 35.9 Å². The average molecular weight is 597 g/mol. The average Bonchev–Trinajstić information content (AvgIpc) is 3.10. The Bertz CT molecular complexity index is 728. The molecule has 1 aromatic carbocycles. The van der Waals surface area contributed by atoms with E-state index >= 15 is 0 Å². The Kier molecular flexibility index (Phi) is 9.75. The number of nitrogens with zero attached hydrogens (tertiary/aromatic N) is 2. The van der Waals surface area contributed by atoms with E-state index in [1.54, 1.807) is 0 Å². The number of hydrogen-bond acceptors (Lipinski definition) is 1. The van der Waals surface area contributed by atoms with Crippen molar-refractivity contribution in [3.05, 3.63) is 51.0 Å². The van der Waals surface area contributed by atoms with Gasteiger partial charge < -0.3 is 5.73 Å². The third kappa shape index (κ3) is 7.53. The molecule has 1 aromatic heterocycles. The molecule has 2 saturated carbocycles. The van der Waals surface area contributed by atoms with E-state index in [9.17, 15) is 0 Å². The molecule has 0 unspecified atom stereocenters. The summed E-state index contributed by atoms with van der Waals surface area (Å²) in [4.78, 5) is 0. The molecule has 0 radical (unpaired) electrons. The summed E-state index contributed by atoms with van der Waals surface area (Å²) in [6, 6.07) is 7.51. The van der Waals surface area contributed by atoms with Gasteiger partial charge in [-0.25, -0.2) is 0 Å². The number of imidazole rings is 1. The molecule has 0 amide bonds. The van der Waals surface area contributed by atoms with Gasteiger partial charge in [-0.15, -0.1) is 0 Å². The fourth-order valence-electron chi connectivity index (χ4n) is 4.62. The van der Waals surface area contributed by atoms with E-state index in [2.05, 4.69) is 40.9 Å². The second-order valence-electron chi connectivity index (χ2n) is 8.68. The molecule has 2 fully saturated rings. The van der Waals surface area contributed by atoms with Gasteiger partial charge in [0.15, 0.2) is 0 Å². The summed E-state index contributed by atoms with van der Waals surface area (Å²) in [5.74, 6) is 1.85. The first-order valence-corrected chi connectivity index (χ1v) is 12.8. The first-order chi connectivity index (χ1) is 14.2. The van der Waals surface area contributed by atoms with Crippen LogP contribution in [-0.4, -0.2) is 9.13 Å². The molecule has 29 heavy (non-hydrogen) atoms. The van der Waals surface area contributed by atoms with Gasteiger partial charge in [-0.2, -0.15) is 0 Å². The van der Waals surface area contributed by atoms with E-state index in [0.29, 0.717) is 6.54 Å². The van der Waals surface area contributed by atoms with E-state index < -0.39 is 0 Å². The summed E-state index contributed by atoms with van der Waals surface area (Å²) in [5.41, 5.74) is 6.47. The normalized spacial score (nSPS) is 18.3. The number of aromatic nitrogens is 2. The third-order valence-electron chi connectivity index (χ3n) is 6.37. The van der Waals surface area contributed by atoms with Crippen LogP contribution in [0.5, 0.6) is 0 Å². The van der Waals surface area contributed by atoms with Crippen LogP contribution in [0.15, 0.2) is 36.7 Å². The van der Waals surface area contributed by atoms with Crippen molar-refractivity contribution in [3.63, 3.8) is 0 Å². The zero-order chi connectivity index (χ0) is 20.5. The van der Waals surface area contributed by atoms with Crippen molar-refractivity contribution < 1.29 is 19.4 Å². The zero-order valence-corrected chi connectivity index (χ0v) is 20.5. The summed E-state index contributed by atoms with van der Waals surface area (Å²) in [5, 5.41) is 0.757. The SMILES string of the molecule is NCc1ccc(Cl)cc1.[Pt]=[c]1n(CC2CCCCC2)ccn1CC1CCCCC1. The summed E-state index contributed by atoms with van der Waals surface area (Å²) < 4.78 is 6.45. The summed E-state index contributed by atoms with van der Waals surface area (Å²) >= 11 is 8.16. The molecule has 4 rings (SSSR count). The Morgan fingerprint density at radius 2 is 1.24 bits per heavy atom. The predicted octanol–water partition coefficient (Wildman–Crippen LogP) is 6.33. The molecule has 5 heteroatoms. The summed E-state index contributed by atoms with van der Waals surface area (Å²) in [6.07, 6.45) is 19.1. The van der Waals surface area contributed by atoms with E-state index in [-0.39, 0.29) is 0 Å². The molecule has 2 aromatic rings. The van der Waals surface area contributed by atoms with Crippen molar-refractivity contribution >= 4 is 11.6 Å². The van der Waals surface area contributed by atoms with Crippen LogP contribution >= 0.6 is 11.6 Å². The molecular weight excluding hydrogens is 561 g/mol. The molecule has 0 bridgehead atoms. The van der Waals surface area contributed by atoms with E-state index in [1.165, 1.54) is 81.1 Å². The molecule has 2 N–H and O–H groups in total. The van der Waals surface area contributed by atoms with Crippen LogP contribution in [-0.2, 0) is 39.0 Å². The van der Waals surface area contributed by atoms with Gasteiger partial charge >= 0.3 is 134 Å². The Morgan fingerprint density at radius 3 is 1.66 bits per heavy atom. The van der Waals surface area contributed by atoms with Gasteiger partial charge in [0.25, 0.3) is 0 Å². The van der Waals surface area contributed by atoms with Crippen molar-refractivity contribution in [2.24, 2.45) is 17.6 Å². The Hall–Kier alpha value is -0.632. The Morgan fingerprint density at radius 1 is 0.793 bits per heavy atom. The van der Waals surface area contributed by atoms with Crippen molar-refractivity contribution in [3.8, 4) is 0 Å². The molecule has 164 valence electrons. The number of nitrogens with two attached hydrogens (primary N) is 1. The van der Waals surface area contributed by atoms with Crippen molar-refractivity contribution in [2.45, 2.75) is 83.8 Å². The van der Waals surface area contributed by atoms with Gasteiger partial charge in [0.05, 0.1) is 0 Å². The number of rotatable bonds is 5. The Balaban J connectivity index is 0.000000224. The quantitative estimate of drug-likeness (QED) is 0.430. The summed E-state index contributed by atoms with van der Waals surface area (Å²) in [7, 11) is 0. The number of benzene rings is 1. The van der Waals surface area contributed by atoms with Crippen LogP contribution in [0.3, 0.4) is 0 Å².